The predicted molar refractivity (Wildman–Crippen MR) is 121 cm³/mol. The molecule has 0 spiro atoms. The number of anilines is 2. The lowest BCUT2D eigenvalue weighted by atomic mass is 10.0. The molecule has 0 bridgehead atoms. The van der Waals surface area contributed by atoms with Crippen LogP contribution in [0.25, 0.3) is 22.0 Å². The van der Waals surface area contributed by atoms with Crippen molar-refractivity contribution in [3.05, 3.63) is 66.0 Å². The molecule has 0 aliphatic carbocycles. The molecule has 8 nitrogen and oxygen atoms in total. The van der Waals surface area contributed by atoms with E-state index in [9.17, 15) is 22.4 Å². The van der Waals surface area contributed by atoms with Gasteiger partial charge in [0, 0.05) is 53.9 Å². The number of carbonyl (C=O) groups is 1. The van der Waals surface area contributed by atoms with Gasteiger partial charge in [0.05, 0.1) is 23.0 Å². The van der Waals surface area contributed by atoms with Crippen LogP contribution in [0.4, 0.5) is 29.1 Å². The van der Waals surface area contributed by atoms with Crippen LogP contribution in [0.2, 0.25) is 0 Å². The van der Waals surface area contributed by atoms with E-state index in [0.29, 0.717) is 22.6 Å². The zero-order valence-electron chi connectivity index (χ0n) is 18.4. The fraction of sp³-hybridized carbons (Fsp3) is 0.174. The van der Waals surface area contributed by atoms with E-state index in [1.54, 1.807) is 38.5 Å². The first-order valence-electron chi connectivity index (χ1n) is 10.2. The summed E-state index contributed by atoms with van der Waals surface area (Å²) in [6.45, 7) is -1.66. The molecule has 0 atom stereocenters. The van der Waals surface area contributed by atoms with Gasteiger partial charge in [0.25, 0.3) is 12.3 Å². The number of aromatic nitrogens is 4. The third-order valence-electron chi connectivity index (χ3n) is 5.07. The summed E-state index contributed by atoms with van der Waals surface area (Å²) in [4.78, 5) is 29.2. The Morgan fingerprint density at radius 2 is 1.80 bits per heavy atom. The number of alkyl halides is 4. The minimum Gasteiger partial charge on any atom is -0.432 e. The molecular formula is C23H18F4N6O2. The number of amides is 1. The van der Waals surface area contributed by atoms with E-state index in [-0.39, 0.29) is 5.69 Å². The molecule has 4 aromatic heterocycles. The molecule has 0 radical (unpaired) electrons. The van der Waals surface area contributed by atoms with Crippen molar-refractivity contribution in [1.82, 2.24) is 19.9 Å². The first kappa shape index (κ1) is 23.8. The molecule has 12 heteroatoms. The van der Waals surface area contributed by atoms with Gasteiger partial charge in [0.15, 0.2) is 5.75 Å². The second-order valence-electron chi connectivity index (χ2n) is 7.30. The molecule has 4 rings (SSSR count). The summed E-state index contributed by atoms with van der Waals surface area (Å²) in [7, 11) is 1.75. The van der Waals surface area contributed by atoms with Gasteiger partial charge in [-0.15, -0.1) is 0 Å². The highest BCUT2D eigenvalue weighted by Crippen LogP contribution is 2.33. The van der Waals surface area contributed by atoms with Gasteiger partial charge >= 0.3 is 6.61 Å². The Kier molecular flexibility index (Phi) is 6.71. The maximum absolute atomic E-state index is 13.2. The zero-order chi connectivity index (χ0) is 25.1. The standard InChI is InChI=1S/C23H18F4N6O2/c1-11-16(12-5-13-9-32-18(28-2)7-17(13)31-8-12)6-14(10-30-11)33-22(34)15-3-4-29-19(21(24)25)20(15)35-23(26)27/h3-10,21,23H,1-2H3,(H,28,32)(H,33,34). The number of hydrogen-bond acceptors (Lipinski definition) is 7. The maximum atomic E-state index is 13.2. The molecule has 4 heterocycles. The fourth-order valence-corrected chi connectivity index (χ4v) is 3.41. The third-order valence-corrected chi connectivity index (χ3v) is 5.07. The lowest BCUT2D eigenvalue weighted by molar-refractivity contribution is -0.0527. The molecule has 2 N–H and O–H groups in total. The fourth-order valence-electron chi connectivity index (χ4n) is 3.41. The molecule has 0 fully saturated rings. The van der Waals surface area contributed by atoms with Crippen LogP contribution in [-0.2, 0) is 0 Å². The Morgan fingerprint density at radius 1 is 1.00 bits per heavy atom. The van der Waals surface area contributed by atoms with Crippen molar-refractivity contribution >= 4 is 28.3 Å². The Labute approximate surface area is 196 Å². The molecule has 0 saturated heterocycles. The lowest BCUT2D eigenvalue weighted by Gasteiger charge is -2.15. The minimum atomic E-state index is -3.42. The van der Waals surface area contributed by atoms with Crippen LogP contribution in [0.1, 0.15) is 28.2 Å². The van der Waals surface area contributed by atoms with E-state index in [4.69, 9.17) is 0 Å². The van der Waals surface area contributed by atoms with Crippen LogP contribution in [0.5, 0.6) is 5.75 Å². The van der Waals surface area contributed by atoms with Crippen LogP contribution in [0, 0.1) is 6.92 Å². The summed E-state index contributed by atoms with van der Waals surface area (Å²) in [6.07, 6.45) is 2.37. The molecule has 0 aliphatic rings. The Hall–Kier alpha value is -4.35. The van der Waals surface area contributed by atoms with Crippen molar-refractivity contribution < 1.29 is 27.1 Å². The van der Waals surface area contributed by atoms with Crippen LogP contribution < -0.4 is 15.4 Å². The van der Waals surface area contributed by atoms with Crippen molar-refractivity contribution in [2.45, 2.75) is 20.0 Å². The molecule has 0 aliphatic heterocycles. The number of nitrogens with zero attached hydrogens (tertiary/aromatic N) is 4. The Balaban J connectivity index is 1.67. The first-order chi connectivity index (χ1) is 16.8. The summed E-state index contributed by atoms with van der Waals surface area (Å²) >= 11 is 0. The molecular weight excluding hydrogens is 468 g/mol. The predicted octanol–water partition coefficient (Wildman–Crippen LogP) is 5.23. The van der Waals surface area contributed by atoms with E-state index in [1.165, 1.54) is 6.20 Å². The van der Waals surface area contributed by atoms with Gasteiger partial charge in [-0.25, -0.2) is 13.8 Å². The van der Waals surface area contributed by atoms with E-state index in [1.807, 2.05) is 6.07 Å². The van der Waals surface area contributed by atoms with Gasteiger partial charge in [-0.1, -0.05) is 0 Å². The number of rotatable bonds is 7. The molecule has 1 amide bonds. The first-order valence-corrected chi connectivity index (χ1v) is 10.2. The number of carbonyl (C=O) groups excluding carboxylic acids is 1. The molecule has 0 saturated carbocycles. The van der Waals surface area contributed by atoms with Gasteiger partial charge in [-0.3, -0.25) is 19.7 Å². The van der Waals surface area contributed by atoms with E-state index >= 15 is 0 Å². The van der Waals surface area contributed by atoms with E-state index in [2.05, 4.69) is 35.3 Å². The molecule has 0 aromatic carbocycles. The molecule has 4 aromatic rings. The Bertz CT molecular complexity index is 1400. The van der Waals surface area contributed by atoms with Gasteiger partial charge in [0.2, 0.25) is 0 Å². The summed E-state index contributed by atoms with van der Waals surface area (Å²) in [5.41, 5.74) is 1.33. The van der Waals surface area contributed by atoms with Crippen molar-refractivity contribution in [2.75, 3.05) is 17.7 Å². The van der Waals surface area contributed by atoms with Crippen LogP contribution in [0.15, 0.2) is 49.1 Å². The van der Waals surface area contributed by atoms with Gasteiger partial charge in [-0.2, -0.15) is 8.78 Å². The van der Waals surface area contributed by atoms with Crippen molar-refractivity contribution in [3.8, 4) is 16.9 Å². The van der Waals surface area contributed by atoms with Crippen LogP contribution in [-0.4, -0.2) is 39.5 Å². The van der Waals surface area contributed by atoms with Gasteiger partial charge in [-0.05, 0) is 25.1 Å². The zero-order valence-corrected chi connectivity index (χ0v) is 18.4. The van der Waals surface area contributed by atoms with Crippen LogP contribution >= 0.6 is 0 Å². The van der Waals surface area contributed by atoms with Crippen molar-refractivity contribution in [2.24, 2.45) is 0 Å². The number of hydrogen-bond donors (Lipinski definition) is 2. The smallest absolute Gasteiger partial charge is 0.387 e. The monoisotopic (exact) mass is 486 g/mol. The second-order valence-corrected chi connectivity index (χ2v) is 7.30. The second kappa shape index (κ2) is 9.87. The number of pyridine rings is 4. The summed E-state index contributed by atoms with van der Waals surface area (Å²) in [5, 5.41) is 6.21. The average molecular weight is 486 g/mol. The highest BCUT2D eigenvalue weighted by atomic mass is 19.3. The number of ether oxygens (including phenoxy) is 1. The molecule has 180 valence electrons. The number of aryl methyl sites for hydroxylation is 1. The van der Waals surface area contributed by atoms with Crippen molar-refractivity contribution in [3.63, 3.8) is 0 Å². The number of nitrogens with one attached hydrogen (secondary N) is 2. The quantitative estimate of drug-likeness (QED) is 0.345. The number of fused-ring (bicyclic) bond motifs is 1. The third kappa shape index (κ3) is 5.10. The highest BCUT2D eigenvalue weighted by Gasteiger charge is 2.25. The SMILES string of the molecule is CNc1cc2ncc(-c3cc(NC(=O)c4ccnc(C(F)F)c4OC(F)F)cnc3C)cc2cn1. The maximum Gasteiger partial charge on any atom is 0.387 e. The highest BCUT2D eigenvalue weighted by molar-refractivity contribution is 6.06. The van der Waals surface area contributed by atoms with E-state index in [0.717, 1.165) is 23.2 Å². The largest absolute Gasteiger partial charge is 0.432 e. The topological polar surface area (TPSA) is 102 Å². The summed E-state index contributed by atoms with van der Waals surface area (Å²) < 4.78 is 56.3. The Morgan fingerprint density at radius 3 is 2.51 bits per heavy atom. The minimum absolute atomic E-state index is 0.206. The van der Waals surface area contributed by atoms with Crippen LogP contribution in [0.3, 0.4) is 0 Å². The molecule has 35 heavy (non-hydrogen) atoms. The van der Waals surface area contributed by atoms with Crippen molar-refractivity contribution in [1.29, 1.82) is 0 Å². The van der Waals surface area contributed by atoms with Gasteiger partial charge in [0.1, 0.15) is 11.5 Å². The molecule has 0 unspecified atom stereocenters. The van der Waals surface area contributed by atoms with E-state index < -0.39 is 36.0 Å². The summed E-state index contributed by atoms with van der Waals surface area (Å²) in [5.74, 6) is -1.26. The lowest BCUT2D eigenvalue weighted by Crippen LogP contribution is -2.17. The summed E-state index contributed by atoms with van der Waals surface area (Å²) in [6, 6.07) is 6.28. The average Bonchev–Trinajstić information content (AvgIpc) is 2.84. The van der Waals surface area contributed by atoms with Gasteiger partial charge < -0.3 is 15.4 Å². The normalized spacial score (nSPS) is 11.2. The number of halogens is 4.